The molecule has 5 nitrogen and oxygen atoms in total. The van der Waals surface area contributed by atoms with Gasteiger partial charge in [-0.2, -0.15) is 17.0 Å². The molecule has 1 saturated heterocycles. The Balaban J connectivity index is 2.17. The van der Waals surface area contributed by atoms with Gasteiger partial charge >= 0.3 is 0 Å². The van der Waals surface area contributed by atoms with Gasteiger partial charge in [0.15, 0.2) is 0 Å². The number of piperidine rings is 1. The molecule has 0 spiro atoms. The summed E-state index contributed by atoms with van der Waals surface area (Å²) in [5, 5.41) is 0. The third-order valence-electron chi connectivity index (χ3n) is 5.53. The summed E-state index contributed by atoms with van der Waals surface area (Å²) in [6.45, 7) is 6.09. The van der Waals surface area contributed by atoms with Crippen molar-refractivity contribution in [3.05, 3.63) is 0 Å². The van der Waals surface area contributed by atoms with E-state index in [-0.39, 0.29) is 5.54 Å². The lowest BCUT2D eigenvalue weighted by molar-refractivity contribution is 0.118. The van der Waals surface area contributed by atoms with E-state index in [1.54, 1.807) is 15.7 Å². The molecule has 0 radical (unpaired) electrons. The zero-order valence-electron chi connectivity index (χ0n) is 13.7. The van der Waals surface area contributed by atoms with E-state index in [9.17, 15) is 8.42 Å². The van der Waals surface area contributed by atoms with Crippen molar-refractivity contribution in [2.24, 2.45) is 17.6 Å². The lowest BCUT2D eigenvalue weighted by atomic mass is 9.76. The normalized spacial score (nSPS) is 33.5. The molecule has 0 amide bonds. The van der Waals surface area contributed by atoms with Gasteiger partial charge in [0.05, 0.1) is 0 Å². The van der Waals surface area contributed by atoms with E-state index >= 15 is 0 Å². The molecule has 2 rings (SSSR count). The van der Waals surface area contributed by atoms with Gasteiger partial charge in [0.2, 0.25) is 0 Å². The number of likely N-dealkylation sites (N-methyl/N-ethyl adjacent to an activating group) is 1. The van der Waals surface area contributed by atoms with Crippen molar-refractivity contribution in [1.29, 1.82) is 0 Å². The Hall–Kier alpha value is -0.170. The highest BCUT2D eigenvalue weighted by Gasteiger charge is 2.45. The first-order chi connectivity index (χ1) is 9.82. The first kappa shape index (κ1) is 17.2. The van der Waals surface area contributed by atoms with Gasteiger partial charge in [0, 0.05) is 32.2 Å². The van der Waals surface area contributed by atoms with E-state index in [1.165, 1.54) is 6.42 Å². The average molecular weight is 317 g/mol. The lowest BCUT2D eigenvalue weighted by Crippen LogP contribution is -2.60. The van der Waals surface area contributed by atoms with Gasteiger partial charge in [-0.25, -0.2) is 0 Å². The van der Waals surface area contributed by atoms with Crippen LogP contribution in [-0.2, 0) is 10.2 Å². The molecule has 2 unspecified atom stereocenters. The van der Waals surface area contributed by atoms with E-state index < -0.39 is 10.2 Å². The Bertz CT molecular complexity index is 446. The molecule has 1 aliphatic carbocycles. The molecule has 0 aromatic carbocycles. The molecule has 1 saturated carbocycles. The highest BCUT2D eigenvalue weighted by Crippen LogP contribution is 2.37. The molecule has 1 heterocycles. The van der Waals surface area contributed by atoms with Crippen molar-refractivity contribution < 1.29 is 8.42 Å². The van der Waals surface area contributed by atoms with Crippen LogP contribution in [0.2, 0.25) is 0 Å². The van der Waals surface area contributed by atoms with Crippen molar-refractivity contribution in [2.75, 3.05) is 26.7 Å². The zero-order chi connectivity index (χ0) is 15.7. The summed E-state index contributed by atoms with van der Waals surface area (Å²) >= 11 is 0. The second-order valence-electron chi connectivity index (χ2n) is 7.19. The predicted octanol–water partition coefficient (Wildman–Crippen LogP) is 1.80. The van der Waals surface area contributed by atoms with Gasteiger partial charge in [-0.15, -0.1) is 0 Å². The monoisotopic (exact) mass is 317 g/mol. The molecule has 2 N–H and O–H groups in total. The fourth-order valence-corrected chi connectivity index (χ4v) is 5.61. The van der Waals surface area contributed by atoms with E-state index in [0.29, 0.717) is 31.5 Å². The van der Waals surface area contributed by atoms with Gasteiger partial charge in [0.25, 0.3) is 10.2 Å². The number of nitrogens with zero attached hydrogens (tertiary/aromatic N) is 2. The summed E-state index contributed by atoms with van der Waals surface area (Å²) in [6, 6.07) is 0. The molecule has 1 aliphatic heterocycles. The Morgan fingerprint density at radius 2 is 1.81 bits per heavy atom. The Morgan fingerprint density at radius 3 is 2.33 bits per heavy atom. The Morgan fingerprint density at radius 1 is 1.19 bits per heavy atom. The largest absolute Gasteiger partial charge is 0.329 e. The number of hydrogen-bond donors (Lipinski definition) is 1. The van der Waals surface area contributed by atoms with Crippen LogP contribution in [0.3, 0.4) is 0 Å². The number of hydrogen-bond acceptors (Lipinski definition) is 3. The maximum atomic E-state index is 13.0. The van der Waals surface area contributed by atoms with Gasteiger partial charge in [0.1, 0.15) is 0 Å². The fourth-order valence-electron chi connectivity index (χ4n) is 3.87. The van der Waals surface area contributed by atoms with Crippen molar-refractivity contribution in [2.45, 2.75) is 57.9 Å². The van der Waals surface area contributed by atoms with Crippen LogP contribution in [0.4, 0.5) is 0 Å². The van der Waals surface area contributed by atoms with Crippen LogP contribution in [0.25, 0.3) is 0 Å². The van der Waals surface area contributed by atoms with Crippen LogP contribution >= 0.6 is 0 Å². The second kappa shape index (κ2) is 6.52. The summed E-state index contributed by atoms with van der Waals surface area (Å²) in [6.07, 6.45) is 5.92. The minimum atomic E-state index is -3.39. The van der Waals surface area contributed by atoms with Crippen LogP contribution < -0.4 is 5.73 Å². The lowest BCUT2D eigenvalue weighted by Gasteiger charge is -2.47. The molecule has 2 aliphatic rings. The molecular formula is C15H31N3O2S. The first-order valence-corrected chi connectivity index (χ1v) is 9.66. The van der Waals surface area contributed by atoms with Crippen molar-refractivity contribution in [1.82, 2.24) is 8.61 Å². The van der Waals surface area contributed by atoms with Crippen LogP contribution in [-0.4, -0.2) is 49.2 Å². The summed E-state index contributed by atoms with van der Waals surface area (Å²) in [4.78, 5) is 0. The van der Waals surface area contributed by atoms with Crippen molar-refractivity contribution in [3.63, 3.8) is 0 Å². The quantitative estimate of drug-likeness (QED) is 0.860. The average Bonchev–Trinajstić information content (AvgIpc) is 2.46. The molecule has 0 aromatic rings. The second-order valence-corrected chi connectivity index (χ2v) is 9.15. The van der Waals surface area contributed by atoms with E-state index in [4.69, 9.17) is 5.73 Å². The maximum Gasteiger partial charge on any atom is 0.282 e. The molecule has 2 atom stereocenters. The van der Waals surface area contributed by atoms with Crippen molar-refractivity contribution >= 4 is 10.2 Å². The van der Waals surface area contributed by atoms with E-state index in [0.717, 1.165) is 32.1 Å². The standard InChI is InChI=1S/C15H31N3O2S/c1-13-6-9-18(10-7-13)21(19,20)17(3)15(12-16)8-4-5-14(2)11-15/h13-14H,4-12,16H2,1-3H3. The SMILES string of the molecule is CC1CCN(S(=O)(=O)N(C)C2(CN)CCCC(C)C2)CC1. The van der Waals surface area contributed by atoms with E-state index in [1.807, 2.05) is 0 Å². The van der Waals surface area contributed by atoms with Crippen molar-refractivity contribution in [3.8, 4) is 0 Å². The van der Waals surface area contributed by atoms with Gasteiger partial charge in [-0.05, 0) is 37.5 Å². The van der Waals surface area contributed by atoms with Gasteiger partial charge in [-0.3, -0.25) is 0 Å². The number of rotatable bonds is 4. The summed E-state index contributed by atoms with van der Waals surface area (Å²) < 4.78 is 29.2. The summed E-state index contributed by atoms with van der Waals surface area (Å²) in [5.74, 6) is 1.17. The third-order valence-corrected chi connectivity index (χ3v) is 7.63. The molecular weight excluding hydrogens is 286 g/mol. The Labute approximate surface area is 130 Å². The highest BCUT2D eigenvalue weighted by molar-refractivity contribution is 7.86. The molecule has 0 aromatic heterocycles. The fraction of sp³-hybridized carbons (Fsp3) is 1.00. The molecule has 0 bridgehead atoms. The minimum absolute atomic E-state index is 0.389. The van der Waals surface area contributed by atoms with Crippen LogP contribution in [0.1, 0.15) is 52.4 Å². The molecule has 2 fully saturated rings. The topological polar surface area (TPSA) is 66.6 Å². The minimum Gasteiger partial charge on any atom is -0.329 e. The van der Waals surface area contributed by atoms with Crippen LogP contribution in [0.15, 0.2) is 0 Å². The van der Waals surface area contributed by atoms with Gasteiger partial charge in [-0.1, -0.05) is 26.7 Å². The summed E-state index contributed by atoms with van der Waals surface area (Å²) in [7, 11) is -1.66. The van der Waals surface area contributed by atoms with Crippen LogP contribution in [0, 0.1) is 11.8 Å². The zero-order valence-corrected chi connectivity index (χ0v) is 14.5. The van der Waals surface area contributed by atoms with Crippen LogP contribution in [0.5, 0.6) is 0 Å². The molecule has 124 valence electrons. The van der Waals surface area contributed by atoms with Gasteiger partial charge < -0.3 is 5.73 Å². The Kier molecular flexibility index (Phi) is 5.34. The van der Waals surface area contributed by atoms with E-state index in [2.05, 4.69) is 13.8 Å². The highest BCUT2D eigenvalue weighted by atomic mass is 32.2. The molecule has 6 heteroatoms. The number of nitrogens with two attached hydrogens (primary N) is 1. The first-order valence-electron chi connectivity index (χ1n) is 8.26. The predicted molar refractivity (Wildman–Crippen MR) is 86.1 cm³/mol. The molecule has 21 heavy (non-hydrogen) atoms. The smallest absolute Gasteiger partial charge is 0.282 e. The summed E-state index contributed by atoms with van der Waals surface area (Å²) in [5.41, 5.74) is 5.64. The third kappa shape index (κ3) is 3.44. The maximum absolute atomic E-state index is 13.0.